The SMILES string of the molecule is O=C(O)c1ccc(N(Cc2ccc(C3CCCC3)cn2)C(=O)[C@H]2CCN2S(=O)(=O)c2c(F)c(F)c(F)c(F)c2F)c(F)c1. The average Bonchev–Trinajstić information content (AvgIpc) is 3.48. The lowest BCUT2D eigenvalue weighted by Crippen LogP contribution is -2.59. The minimum atomic E-state index is -5.45. The zero-order chi connectivity index (χ0) is 31.2. The van der Waals surface area contributed by atoms with E-state index in [0.29, 0.717) is 12.0 Å². The number of carbonyl (C=O) groups is 2. The van der Waals surface area contributed by atoms with E-state index < -0.39 is 92.1 Å². The molecule has 0 radical (unpaired) electrons. The van der Waals surface area contributed by atoms with Gasteiger partial charge in [0.2, 0.25) is 21.7 Å². The van der Waals surface area contributed by atoms with Crippen LogP contribution >= 0.6 is 0 Å². The van der Waals surface area contributed by atoms with Gasteiger partial charge >= 0.3 is 5.97 Å². The number of rotatable bonds is 8. The van der Waals surface area contributed by atoms with Crippen LogP contribution in [0.25, 0.3) is 0 Å². The van der Waals surface area contributed by atoms with E-state index in [1.165, 1.54) is 0 Å². The number of aromatic carboxylic acids is 1. The van der Waals surface area contributed by atoms with E-state index >= 15 is 4.39 Å². The Morgan fingerprint density at radius 3 is 2.05 bits per heavy atom. The summed E-state index contributed by atoms with van der Waals surface area (Å²) < 4.78 is 112. The Labute approximate surface area is 241 Å². The van der Waals surface area contributed by atoms with Gasteiger partial charge in [-0.1, -0.05) is 18.9 Å². The average molecular weight is 628 g/mol. The molecule has 0 bridgehead atoms. The van der Waals surface area contributed by atoms with Crippen molar-refractivity contribution >= 4 is 27.6 Å². The minimum absolute atomic E-state index is 0.229. The number of benzene rings is 2. The molecule has 1 N–H and O–H groups in total. The second-order valence-electron chi connectivity index (χ2n) is 10.3. The lowest BCUT2D eigenvalue weighted by atomic mass is 9.99. The van der Waals surface area contributed by atoms with Crippen molar-refractivity contribution in [1.29, 1.82) is 0 Å². The summed E-state index contributed by atoms with van der Waals surface area (Å²) in [5, 5.41) is 9.20. The molecule has 1 aliphatic carbocycles. The van der Waals surface area contributed by atoms with Gasteiger partial charge in [0.25, 0.3) is 0 Å². The van der Waals surface area contributed by atoms with Crippen molar-refractivity contribution in [1.82, 2.24) is 9.29 Å². The summed E-state index contributed by atoms with van der Waals surface area (Å²) in [5.74, 6) is -16.1. The first-order valence-corrected chi connectivity index (χ1v) is 14.6. The molecule has 228 valence electrons. The van der Waals surface area contributed by atoms with Crippen LogP contribution < -0.4 is 4.90 Å². The maximum absolute atomic E-state index is 15.2. The Balaban J connectivity index is 1.50. The highest BCUT2D eigenvalue weighted by atomic mass is 32.2. The number of carboxylic acids is 1. The number of hydrogen-bond acceptors (Lipinski definition) is 5. The predicted octanol–water partition coefficient (Wildman–Crippen LogP) is 5.27. The third kappa shape index (κ3) is 5.46. The Morgan fingerprint density at radius 1 is 0.907 bits per heavy atom. The molecule has 2 aliphatic rings. The van der Waals surface area contributed by atoms with Crippen molar-refractivity contribution in [3.05, 3.63) is 88.3 Å². The molecule has 8 nitrogen and oxygen atoms in total. The van der Waals surface area contributed by atoms with Gasteiger partial charge in [0.05, 0.1) is 23.5 Å². The van der Waals surface area contributed by atoms with Crippen LogP contribution in [0.3, 0.4) is 0 Å². The molecule has 1 saturated carbocycles. The van der Waals surface area contributed by atoms with E-state index in [2.05, 4.69) is 4.98 Å². The van der Waals surface area contributed by atoms with Crippen molar-refractivity contribution in [3.63, 3.8) is 0 Å². The molecule has 2 fully saturated rings. The molecule has 1 atom stereocenters. The van der Waals surface area contributed by atoms with E-state index in [0.717, 1.165) is 48.3 Å². The number of anilines is 1. The number of carbonyl (C=O) groups excluding carboxylic acids is 1. The zero-order valence-electron chi connectivity index (χ0n) is 22.2. The summed E-state index contributed by atoms with van der Waals surface area (Å²) in [7, 11) is -5.45. The lowest BCUT2D eigenvalue weighted by Gasteiger charge is -2.41. The number of amides is 1. The lowest BCUT2D eigenvalue weighted by molar-refractivity contribution is -0.125. The highest BCUT2D eigenvalue weighted by Gasteiger charge is 2.48. The van der Waals surface area contributed by atoms with Crippen molar-refractivity contribution in [2.45, 2.75) is 55.5 Å². The molecule has 43 heavy (non-hydrogen) atoms. The van der Waals surface area contributed by atoms with Gasteiger partial charge in [-0.15, -0.1) is 0 Å². The van der Waals surface area contributed by atoms with Crippen molar-refractivity contribution in [2.75, 3.05) is 11.4 Å². The summed E-state index contributed by atoms with van der Waals surface area (Å²) >= 11 is 0. The fourth-order valence-electron chi connectivity index (χ4n) is 5.34. The number of sulfonamides is 1. The van der Waals surface area contributed by atoms with E-state index in [4.69, 9.17) is 0 Å². The van der Waals surface area contributed by atoms with Gasteiger partial charge < -0.3 is 10.0 Å². The first kappa shape index (κ1) is 30.5. The Hall–Kier alpha value is -3.98. The Morgan fingerprint density at radius 2 is 1.53 bits per heavy atom. The summed E-state index contributed by atoms with van der Waals surface area (Å²) in [5.41, 5.74) is 0.338. The van der Waals surface area contributed by atoms with Gasteiger partial charge in [0.15, 0.2) is 28.2 Å². The molecule has 1 aliphatic heterocycles. The van der Waals surface area contributed by atoms with Crippen LogP contribution in [-0.2, 0) is 21.4 Å². The minimum Gasteiger partial charge on any atom is -0.478 e. The smallest absolute Gasteiger partial charge is 0.335 e. The summed E-state index contributed by atoms with van der Waals surface area (Å²) in [6.07, 6.45) is 5.51. The van der Waals surface area contributed by atoms with Crippen LogP contribution in [-0.4, -0.2) is 47.3 Å². The van der Waals surface area contributed by atoms with Crippen LogP contribution in [0.2, 0.25) is 0 Å². The van der Waals surface area contributed by atoms with E-state index in [1.807, 2.05) is 0 Å². The Bertz CT molecular complexity index is 1690. The first-order chi connectivity index (χ1) is 20.3. The maximum atomic E-state index is 15.2. The summed E-state index contributed by atoms with van der Waals surface area (Å²) in [4.78, 5) is 28.1. The van der Waals surface area contributed by atoms with Crippen LogP contribution in [0.15, 0.2) is 41.4 Å². The van der Waals surface area contributed by atoms with Gasteiger partial charge in [0.1, 0.15) is 11.9 Å². The van der Waals surface area contributed by atoms with Crippen molar-refractivity contribution in [3.8, 4) is 0 Å². The number of hydrogen-bond donors (Lipinski definition) is 1. The number of carboxylic acid groups (broad SMARTS) is 1. The molecular weight excluding hydrogens is 604 g/mol. The molecule has 15 heteroatoms. The molecule has 0 spiro atoms. The highest BCUT2D eigenvalue weighted by molar-refractivity contribution is 7.89. The van der Waals surface area contributed by atoms with Gasteiger partial charge in [-0.2, -0.15) is 4.31 Å². The van der Waals surface area contributed by atoms with E-state index in [9.17, 15) is 45.1 Å². The third-order valence-electron chi connectivity index (χ3n) is 7.74. The van der Waals surface area contributed by atoms with Crippen molar-refractivity contribution < 1.29 is 49.5 Å². The van der Waals surface area contributed by atoms with E-state index in [-0.39, 0.29) is 16.4 Å². The van der Waals surface area contributed by atoms with Gasteiger partial charge in [-0.3, -0.25) is 9.78 Å². The second-order valence-corrected chi connectivity index (χ2v) is 12.1. The number of halogens is 6. The highest BCUT2D eigenvalue weighted by Crippen LogP contribution is 2.36. The van der Waals surface area contributed by atoms with Gasteiger partial charge in [0, 0.05) is 12.7 Å². The van der Waals surface area contributed by atoms with E-state index in [1.54, 1.807) is 18.3 Å². The molecule has 1 aromatic heterocycles. The molecule has 5 rings (SSSR count). The topological polar surface area (TPSA) is 108 Å². The van der Waals surface area contributed by atoms with Gasteiger partial charge in [-0.25, -0.2) is 39.6 Å². The molecule has 3 aromatic rings. The largest absolute Gasteiger partial charge is 0.478 e. The molecule has 2 heterocycles. The molecular formula is C28H23F6N3O5S. The monoisotopic (exact) mass is 627 g/mol. The van der Waals surface area contributed by atoms with Gasteiger partial charge in [-0.05, 0) is 55.0 Å². The van der Waals surface area contributed by atoms with Crippen LogP contribution in [0, 0.1) is 34.9 Å². The number of aromatic nitrogens is 1. The molecule has 2 aromatic carbocycles. The second kappa shape index (κ2) is 11.6. The first-order valence-electron chi connectivity index (χ1n) is 13.1. The fourth-order valence-corrected chi connectivity index (χ4v) is 7.08. The molecule has 1 amide bonds. The van der Waals surface area contributed by atoms with Crippen LogP contribution in [0.5, 0.6) is 0 Å². The molecule has 0 unspecified atom stereocenters. The summed E-state index contributed by atoms with van der Waals surface area (Å²) in [6, 6.07) is 4.35. The van der Waals surface area contributed by atoms with Crippen LogP contribution in [0.1, 0.15) is 59.6 Å². The maximum Gasteiger partial charge on any atom is 0.335 e. The van der Waals surface area contributed by atoms with Crippen LogP contribution in [0.4, 0.5) is 32.0 Å². The van der Waals surface area contributed by atoms with Crippen molar-refractivity contribution in [2.24, 2.45) is 0 Å². The normalized spacial score (nSPS) is 17.6. The summed E-state index contributed by atoms with van der Waals surface area (Å²) in [6.45, 7) is -0.930. The predicted molar refractivity (Wildman–Crippen MR) is 139 cm³/mol. The zero-order valence-corrected chi connectivity index (χ0v) is 23.0. The number of pyridine rings is 1. The fraction of sp³-hybridized carbons (Fsp3) is 0.321. The Kier molecular flexibility index (Phi) is 8.22. The molecule has 1 saturated heterocycles. The quantitative estimate of drug-likeness (QED) is 0.207. The number of nitrogens with zero attached hydrogens (tertiary/aromatic N) is 3. The third-order valence-corrected chi connectivity index (χ3v) is 9.67. The standard InChI is InChI=1S/C28H23F6N3O5S/c29-18-11-15(28(39)40)6-8-19(18)36(13-17-7-5-16(12-35-17)14-3-1-2-4-14)27(38)20-9-10-37(20)43(41,42)26-24(33)22(31)21(30)23(32)25(26)34/h5-8,11-12,14,20H,1-4,9-10,13H2,(H,39,40)/t20-/m1/s1.